The molecule has 1 amide bonds. The Morgan fingerprint density at radius 3 is 2.38 bits per heavy atom. The fourth-order valence-corrected chi connectivity index (χ4v) is 3.84. The highest BCUT2D eigenvalue weighted by atomic mass is 35.5. The molecule has 1 aliphatic rings. The van der Waals surface area contributed by atoms with Crippen LogP contribution in [0.1, 0.15) is 54.9 Å². The second-order valence-corrected chi connectivity index (χ2v) is 7.60. The van der Waals surface area contributed by atoms with Crippen molar-refractivity contribution < 1.29 is 9.59 Å². The van der Waals surface area contributed by atoms with Crippen LogP contribution >= 0.6 is 11.6 Å². The molecular weight excluding hydrogens is 346 g/mol. The van der Waals surface area contributed by atoms with E-state index in [4.69, 9.17) is 11.6 Å². The van der Waals surface area contributed by atoms with E-state index in [-0.39, 0.29) is 17.2 Å². The van der Waals surface area contributed by atoms with Crippen molar-refractivity contribution in [3.05, 3.63) is 70.7 Å². The van der Waals surface area contributed by atoms with Crippen molar-refractivity contribution in [1.29, 1.82) is 0 Å². The van der Waals surface area contributed by atoms with E-state index in [0.717, 1.165) is 31.2 Å². The van der Waals surface area contributed by atoms with E-state index >= 15 is 0 Å². The highest BCUT2D eigenvalue weighted by molar-refractivity contribution is 6.30. The minimum absolute atomic E-state index is 0.0143. The smallest absolute Gasteiger partial charge is 0.254 e. The predicted molar refractivity (Wildman–Crippen MR) is 104 cm³/mol. The summed E-state index contributed by atoms with van der Waals surface area (Å²) in [6, 6.07) is 17.1. The lowest BCUT2D eigenvalue weighted by atomic mass is 9.71. The molecule has 3 rings (SSSR count). The van der Waals surface area contributed by atoms with E-state index in [1.165, 1.54) is 0 Å². The van der Waals surface area contributed by atoms with Crippen molar-refractivity contribution in [2.45, 2.75) is 51.1 Å². The Labute approximate surface area is 160 Å². The van der Waals surface area contributed by atoms with Gasteiger partial charge in [0.25, 0.3) is 5.91 Å². The summed E-state index contributed by atoms with van der Waals surface area (Å²) in [6.45, 7) is 2.16. The SMILES string of the molecule is CC(=O)CCC1(N(Cc2ccccc2)C(=O)c2cccc(Cl)c2)CCC1. The molecule has 0 unspecified atom stereocenters. The minimum atomic E-state index is -0.235. The summed E-state index contributed by atoms with van der Waals surface area (Å²) >= 11 is 6.10. The van der Waals surface area contributed by atoms with E-state index in [1.807, 2.05) is 41.3 Å². The van der Waals surface area contributed by atoms with Crippen LogP contribution in [0.4, 0.5) is 0 Å². The molecule has 0 saturated heterocycles. The van der Waals surface area contributed by atoms with Crippen molar-refractivity contribution in [2.24, 2.45) is 0 Å². The van der Waals surface area contributed by atoms with Crippen LogP contribution in [0.15, 0.2) is 54.6 Å². The third-order valence-corrected chi connectivity index (χ3v) is 5.53. The van der Waals surface area contributed by atoms with Crippen molar-refractivity contribution >= 4 is 23.3 Å². The first-order valence-corrected chi connectivity index (χ1v) is 9.49. The molecule has 1 fully saturated rings. The van der Waals surface area contributed by atoms with E-state index in [9.17, 15) is 9.59 Å². The summed E-state index contributed by atoms with van der Waals surface area (Å²) in [4.78, 5) is 26.9. The summed E-state index contributed by atoms with van der Waals surface area (Å²) in [5, 5.41) is 0.557. The standard InChI is InChI=1S/C22H24ClNO2/c1-17(25)11-14-22(12-6-13-22)24(16-18-7-3-2-4-8-18)21(26)19-9-5-10-20(23)15-19/h2-5,7-10,15H,6,11-14,16H2,1H3. The Hall–Kier alpha value is -2.13. The van der Waals surface area contributed by atoms with Crippen LogP contribution in [0.25, 0.3) is 0 Å². The Morgan fingerprint density at radius 1 is 1.08 bits per heavy atom. The first-order valence-electron chi connectivity index (χ1n) is 9.11. The second-order valence-electron chi connectivity index (χ2n) is 7.17. The van der Waals surface area contributed by atoms with Gasteiger partial charge in [0.1, 0.15) is 5.78 Å². The minimum Gasteiger partial charge on any atom is -0.329 e. The normalized spacial score (nSPS) is 15.2. The third-order valence-electron chi connectivity index (χ3n) is 5.30. The number of amides is 1. The lowest BCUT2D eigenvalue weighted by Gasteiger charge is -2.50. The van der Waals surface area contributed by atoms with Crippen molar-refractivity contribution in [3.8, 4) is 0 Å². The number of carbonyl (C=O) groups excluding carboxylic acids is 2. The molecule has 0 aromatic heterocycles. The molecule has 0 atom stereocenters. The maximum Gasteiger partial charge on any atom is 0.254 e. The largest absolute Gasteiger partial charge is 0.329 e. The van der Waals surface area contributed by atoms with Crippen molar-refractivity contribution in [1.82, 2.24) is 4.90 Å². The Balaban J connectivity index is 1.93. The third kappa shape index (κ3) is 4.16. The second kappa shape index (κ2) is 8.05. The summed E-state index contributed by atoms with van der Waals surface area (Å²) in [5.74, 6) is 0.158. The van der Waals surface area contributed by atoms with Crippen molar-refractivity contribution in [2.75, 3.05) is 0 Å². The maximum atomic E-state index is 13.4. The van der Waals surface area contributed by atoms with Gasteiger partial charge in [0.05, 0.1) is 0 Å². The van der Waals surface area contributed by atoms with Gasteiger partial charge in [-0.25, -0.2) is 0 Å². The van der Waals surface area contributed by atoms with Crippen LogP contribution in [0.5, 0.6) is 0 Å². The lowest BCUT2D eigenvalue weighted by Crippen LogP contribution is -2.56. The zero-order valence-electron chi connectivity index (χ0n) is 15.1. The number of halogens is 1. The van der Waals surface area contributed by atoms with Gasteiger partial charge >= 0.3 is 0 Å². The predicted octanol–water partition coefficient (Wildman–Crippen LogP) is 5.27. The fraction of sp³-hybridized carbons (Fsp3) is 0.364. The van der Waals surface area contributed by atoms with Gasteiger partial charge in [-0.2, -0.15) is 0 Å². The highest BCUT2D eigenvalue weighted by Gasteiger charge is 2.44. The average molecular weight is 370 g/mol. The van der Waals surface area contributed by atoms with Crippen LogP contribution in [0.3, 0.4) is 0 Å². The van der Waals surface area contributed by atoms with Gasteiger partial charge in [0.15, 0.2) is 0 Å². The Bertz CT molecular complexity index is 784. The highest BCUT2D eigenvalue weighted by Crippen LogP contribution is 2.43. The van der Waals surface area contributed by atoms with Gasteiger partial charge in [-0.15, -0.1) is 0 Å². The maximum absolute atomic E-state index is 13.4. The molecular formula is C22H24ClNO2. The van der Waals surface area contributed by atoms with Crippen LogP contribution in [-0.2, 0) is 11.3 Å². The van der Waals surface area contributed by atoms with Crippen LogP contribution in [0, 0.1) is 0 Å². The molecule has 0 spiro atoms. The number of ketones is 1. The first-order chi connectivity index (χ1) is 12.5. The average Bonchev–Trinajstić information content (AvgIpc) is 2.60. The summed E-state index contributed by atoms with van der Waals surface area (Å²) in [5.41, 5.74) is 1.46. The van der Waals surface area contributed by atoms with E-state index < -0.39 is 0 Å². The van der Waals surface area contributed by atoms with Crippen LogP contribution < -0.4 is 0 Å². The van der Waals surface area contributed by atoms with Crippen LogP contribution in [-0.4, -0.2) is 22.1 Å². The zero-order chi connectivity index (χ0) is 18.6. The Morgan fingerprint density at radius 2 is 1.81 bits per heavy atom. The molecule has 1 aliphatic carbocycles. The van der Waals surface area contributed by atoms with Gasteiger partial charge < -0.3 is 9.69 Å². The number of Topliss-reactive ketones (excluding diaryl/α,β-unsaturated/α-hetero) is 1. The molecule has 2 aromatic rings. The molecule has 0 bridgehead atoms. The number of hydrogen-bond donors (Lipinski definition) is 0. The topological polar surface area (TPSA) is 37.4 Å². The number of nitrogens with zero attached hydrogens (tertiary/aromatic N) is 1. The summed E-state index contributed by atoms with van der Waals surface area (Å²) in [6.07, 6.45) is 4.21. The molecule has 3 nitrogen and oxygen atoms in total. The molecule has 0 N–H and O–H groups in total. The molecule has 26 heavy (non-hydrogen) atoms. The molecule has 136 valence electrons. The quantitative estimate of drug-likeness (QED) is 0.666. The summed E-state index contributed by atoms with van der Waals surface area (Å²) in [7, 11) is 0. The molecule has 0 radical (unpaired) electrons. The summed E-state index contributed by atoms with van der Waals surface area (Å²) < 4.78 is 0. The van der Waals surface area contributed by atoms with Gasteiger partial charge in [0.2, 0.25) is 0 Å². The van der Waals surface area contributed by atoms with E-state index in [0.29, 0.717) is 23.6 Å². The number of benzene rings is 2. The molecule has 1 saturated carbocycles. The van der Waals surface area contributed by atoms with Crippen LogP contribution in [0.2, 0.25) is 5.02 Å². The van der Waals surface area contributed by atoms with E-state index in [1.54, 1.807) is 25.1 Å². The Kier molecular flexibility index (Phi) is 5.77. The number of rotatable bonds is 7. The number of hydrogen-bond acceptors (Lipinski definition) is 2. The zero-order valence-corrected chi connectivity index (χ0v) is 15.8. The molecule has 2 aromatic carbocycles. The van der Waals surface area contributed by atoms with Gasteiger partial charge in [-0.1, -0.05) is 48.0 Å². The lowest BCUT2D eigenvalue weighted by molar-refractivity contribution is -0.118. The number of carbonyl (C=O) groups is 2. The first kappa shape index (κ1) is 18.7. The monoisotopic (exact) mass is 369 g/mol. The van der Waals surface area contributed by atoms with Gasteiger partial charge in [-0.3, -0.25) is 4.79 Å². The molecule has 0 heterocycles. The van der Waals surface area contributed by atoms with E-state index in [2.05, 4.69) is 0 Å². The fourth-order valence-electron chi connectivity index (χ4n) is 3.65. The van der Waals surface area contributed by atoms with Gasteiger partial charge in [-0.05, 0) is 56.4 Å². The van der Waals surface area contributed by atoms with Gasteiger partial charge in [0, 0.05) is 29.1 Å². The van der Waals surface area contributed by atoms with Crippen molar-refractivity contribution in [3.63, 3.8) is 0 Å². The molecule has 4 heteroatoms. The molecule has 0 aliphatic heterocycles.